The summed E-state index contributed by atoms with van der Waals surface area (Å²) in [5.74, 6) is 2.79. The van der Waals surface area contributed by atoms with Crippen LogP contribution in [0, 0.1) is 0 Å². The van der Waals surface area contributed by atoms with E-state index in [0.717, 1.165) is 67.5 Å². The Morgan fingerprint density at radius 2 is 2.04 bits per heavy atom. The van der Waals surface area contributed by atoms with Crippen molar-refractivity contribution < 1.29 is 9.47 Å². The maximum atomic E-state index is 5.63. The minimum atomic E-state index is 0.310. The van der Waals surface area contributed by atoms with E-state index in [2.05, 4.69) is 30.2 Å². The van der Waals surface area contributed by atoms with Crippen LogP contribution in [-0.2, 0) is 17.8 Å². The van der Waals surface area contributed by atoms with E-state index in [0.29, 0.717) is 18.4 Å². The molecule has 1 fully saturated rings. The summed E-state index contributed by atoms with van der Waals surface area (Å²) in [5.41, 5.74) is 3.00. The quantitative estimate of drug-likeness (QED) is 0.686. The van der Waals surface area contributed by atoms with Crippen molar-refractivity contribution in [3.05, 3.63) is 35.5 Å². The van der Waals surface area contributed by atoms with Gasteiger partial charge in [-0.15, -0.1) is 15.3 Å². The molecule has 3 aromatic rings. The van der Waals surface area contributed by atoms with Crippen LogP contribution in [0.5, 0.6) is 5.88 Å². The van der Waals surface area contributed by atoms with Crippen molar-refractivity contribution in [2.24, 2.45) is 0 Å². The molecular weight excluding hydrogens is 346 g/mol. The molecule has 5 heterocycles. The number of hydrogen-bond acceptors (Lipinski definition) is 8. The number of hydrogen-bond donors (Lipinski definition) is 0. The van der Waals surface area contributed by atoms with E-state index in [9.17, 15) is 0 Å². The van der Waals surface area contributed by atoms with E-state index in [4.69, 9.17) is 9.47 Å². The minimum absolute atomic E-state index is 0.310. The molecule has 140 valence electrons. The Kier molecular flexibility index (Phi) is 4.08. The van der Waals surface area contributed by atoms with Crippen molar-refractivity contribution in [1.29, 1.82) is 0 Å². The zero-order valence-corrected chi connectivity index (χ0v) is 15.2. The Morgan fingerprint density at radius 1 is 1.15 bits per heavy atom. The molecule has 2 aliphatic heterocycles. The fourth-order valence-electron chi connectivity index (χ4n) is 3.92. The third-order valence-electron chi connectivity index (χ3n) is 5.37. The van der Waals surface area contributed by atoms with Crippen LogP contribution in [0.25, 0.3) is 5.65 Å². The molecule has 3 aromatic heterocycles. The fourth-order valence-corrected chi connectivity index (χ4v) is 3.92. The molecule has 0 aliphatic carbocycles. The molecule has 0 spiro atoms. The van der Waals surface area contributed by atoms with Gasteiger partial charge in [-0.25, -0.2) is 9.97 Å². The second-order valence-electron chi connectivity index (χ2n) is 6.89. The van der Waals surface area contributed by atoms with Crippen molar-refractivity contribution in [3.63, 3.8) is 0 Å². The molecule has 27 heavy (non-hydrogen) atoms. The van der Waals surface area contributed by atoms with Crippen LogP contribution in [0.1, 0.15) is 35.8 Å². The zero-order chi connectivity index (χ0) is 18.2. The number of methoxy groups -OCH3 is 1. The number of piperidine rings is 1. The van der Waals surface area contributed by atoms with Gasteiger partial charge in [0.1, 0.15) is 12.1 Å². The average Bonchev–Trinajstić information content (AvgIpc) is 3.16. The van der Waals surface area contributed by atoms with Crippen LogP contribution < -0.4 is 9.64 Å². The molecule has 2 aliphatic rings. The Hall–Kier alpha value is -2.81. The molecule has 0 saturated carbocycles. The lowest BCUT2D eigenvalue weighted by molar-refractivity contribution is 0.109. The number of ether oxygens (including phenoxy) is 2. The maximum absolute atomic E-state index is 5.63. The Morgan fingerprint density at radius 3 is 2.89 bits per heavy atom. The van der Waals surface area contributed by atoms with Gasteiger partial charge >= 0.3 is 0 Å². The van der Waals surface area contributed by atoms with Crippen LogP contribution in [-0.4, -0.2) is 56.6 Å². The van der Waals surface area contributed by atoms with E-state index >= 15 is 0 Å². The van der Waals surface area contributed by atoms with Gasteiger partial charge in [-0.05, 0) is 18.9 Å². The second-order valence-corrected chi connectivity index (χ2v) is 6.89. The number of aromatic nitrogens is 6. The number of nitrogens with zero attached hydrogens (tertiary/aromatic N) is 7. The van der Waals surface area contributed by atoms with Crippen LogP contribution >= 0.6 is 0 Å². The molecule has 5 rings (SSSR count). The Balaban J connectivity index is 1.37. The molecule has 9 nitrogen and oxygen atoms in total. The molecule has 1 saturated heterocycles. The highest BCUT2D eigenvalue weighted by atomic mass is 16.5. The third kappa shape index (κ3) is 2.87. The van der Waals surface area contributed by atoms with Gasteiger partial charge in [-0.2, -0.15) is 4.52 Å². The lowest BCUT2D eigenvalue weighted by Crippen LogP contribution is -2.35. The maximum Gasteiger partial charge on any atom is 0.231 e. The van der Waals surface area contributed by atoms with E-state index in [1.165, 1.54) is 0 Å². The van der Waals surface area contributed by atoms with Gasteiger partial charge < -0.3 is 14.4 Å². The first-order valence-electron chi connectivity index (χ1n) is 9.25. The molecular formula is C18H21N7O2. The molecule has 0 amide bonds. The van der Waals surface area contributed by atoms with Crippen molar-refractivity contribution in [1.82, 2.24) is 29.8 Å². The average molecular weight is 367 g/mol. The molecule has 0 atom stereocenters. The first kappa shape index (κ1) is 16.4. The predicted molar refractivity (Wildman–Crippen MR) is 96.9 cm³/mol. The molecule has 0 aromatic carbocycles. The van der Waals surface area contributed by atoms with Crippen LogP contribution in [0.2, 0.25) is 0 Å². The molecule has 9 heteroatoms. The first-order chi connectivity index (χ1) is 13.3. The summed E-state index contributed by atoms with van der Waals surface area (Å²) in [7, 11) is 1.61. The van der Waals surface area contributed by atoms with E-state index in [1.807, 2.05) is 6.07 Å². The second kappa shape index (κ2) is 6.73. The molecule has 0 N–H and O–H groups in total. The first-order valence-corrected chi connectivity index (χ1v) is 9.25. The van der Waals surface area contributed by atoms with Gasteiger partial charge in [0.15, 0.2) is 11.5 Å². The van der Waals surface area contributed by atoms with Crippen LogP contribution in [0.15, 0.2) is 18.5 Å². The van der Waals surface area contributed by atoms with Crippen molar-refractivity contribution in [3.8, 4) is 5.88 Å². The van der Waals surface area contributed by atoms with Crippen molar-refractivity contribution in [2.45, 2.75) is 31.8 Å². The minimum Gasteiger partial charge on any atom is -0.480 e. The lowest BCUT2D eigenvalue weighted by atomic mass is 9.95. The van der Waals surface area contributed by atoms with Gasteiger partial charge in [-0.3, -0.25) is 0 Å². The molecule has 0 bridgehead atoms. The highest BCUT2D eigenvalue weighted by Gasteiger charge is 2.28. The van der Waals surface area contributed by atoms with Crippen LogP contribution in [0.4, 0.5) is 5.82 Å². The van der Waals surface area contributed by atoms with E-state index < -0.39 is 0 Å². The van der Waals surface area contributed by atoms with Gasteiger partial charge in [0.25, 0.3) is 0 Å². The predicted octanol–water partition coefficient (Wildman–Crippen LogP) is 1.38. The summed E-state index contributed by atoms with van der Waals surface area (Å²) in [6.45, 7) is 3.16. The SMILES string of the molecule is COc1ccc2nnc(C3CCN(c4ncnc5c4COCC5)CC3)n2n1. The van der Waals surface area contributed by atoms with Gasteiger partial charge in [-0.1, -0.05) is 0 Å². The molecule has 0 radical (unpaired) electrons. The highest BCUT2D eigenvalue weighted by molar-refractivity contribution is 5.49. The standard InChI is InChI=1S/C18H21N7O2/c1-26-16-3-2-15-21-22-17(25(15)23-16)12-4-7-24(8-5-12)18-13-10-27-9-6-14(13)19-11-20-18/h2-3,11-12H,4-10H2,1H3. The zero-order valence-electron chi connectivity index (χ0n) is 15.2. The monoisotopic (exact) mass is 367 g/mol. The summed E-state index contributed by atoms with van der Waals surface area (Å²) in [6, 6.07) is 3.68. The Bertz CT molecular complexity index is 965. The summed E-state index contributed by atoms with van der Waals surface area (Å²) >= 11 is 0. The third-order valence-corrected chi connectivity index (χ3v) is 5.37. The summed E-state index contributed by atoms with van der Waals surface area (Å²) in [4.78, 5) is 11.3. The van der Waals surface area contributed by atoms with Gasteiger partial charge in [0, 0.05) is 37.1 Å². The fraction of sp³-hybridized carbons (Fsp3) is 0.500. The smallest absolute Gasteiger partial charge is 0.231 e. The topological polar surface area (TPSA) is 90.6 Å². The van der Waals surface area contributed by atoms with E-state index in [-0.39, 0.29) is 0 Å². The van der Waals surface area contributed by atoms with E-state index in [1.54, 1.807) is 24.0 Å². The lowest BCUT2D eigenvalue weighted by Gasteiger charge is -2.34. The summed E-state index contributed by atoms with van der Waals surface area (Å²) < 4.78 is 12.7. The van der Waals surface area contributed by atoms with Gasteiger partial charge in [0.2, 0.25) is 5.88 Å². The number of rotatable bonds is 3. The number of fused-ring (bicyclic) bond motifs is 2. The van der Waals surface area contributed by atoms with Crippen LogP contribution in [0.3, 0.4) is 0 Å². The van der Waals surface area contributed by atoms with Gasteiger partial charge in [0.05, 0.1) is 26.0 Å². The largest absolute Gasteiger partial charge is 0.480 e. The summed E-state index contributed by atoms with van der Waals surface area (Å²) in [6.07, 6.45) is 4.48. The number of anilines is 1. The van der Waals surface area contributed by atoms with Crippen molar-refractivity contribution >= 4 is 11.5 Å². The Labute approximate surface area is 156 Å². The molecule has 0 unspecified atom stereocenters. The van der Waals surface area contributed by atoms with Crippen molar-refractivity contribution in [2.75, 3.05) is 31.7 Å². The summed E-state index contributed by atoms with van der Waals surface area (Å²) in [5, 5.41) is 13.1. The highest BCUT2D eigenvalue weighted by Crippen LogP contribution is 2.32. The normalized spacial score (nSPS) is 17.9.